The normalized spacial score (nSPS) is 10.3. The molecular weight excluding hydrogens is 296 g/mol. The second-order valence-corrected chi connectivity index (χ2v) is 4.55. The van der Waals surface area contributed by atoms with Gasteiger partial charge in [0.15, 0.2) is 16.7 Å². The molecule has 0 aliphatic heterocycles. The summed E-state index contributed by atoms with van der Waals surface area (Å²) in [7, 11) is 4.50. The van der Waals surface area contributed by atoms with Gasteiger partial charge in [0.1, 0.15) is 0 Å². The molecule has 112 valence electrons. The summed E-state index contributed by atoms with van der Waals surface area (Å²) in [5, 5.41) is 0.0473. The first-order valence-corrected chi connectivity index (χ1v) is 6.48. The highest BCUT2D eigenvalue weighted by Crippen LogP contribution is 2.27. The van der Waals surface area contributed by atoms with Crippen molar-refractivity contribution in [1.82, 2.24) is 9.55 Å². The van der Waals surface area contributed by atoms with Crippen molar-refractivity contribution in [2.24, 2.45) is 0 Å². The van der Waals surface area contributed by atoms with Crippen LogP contribution in [0.1, 0.15) is 5.56 Å². The fourth-order valence-electron chi connectivity index (χ4n) is 1.91. The van der Waals surface area contributed by atoms with Gasteiger partial charge in [0.05, 0.1) is 34.2 Å². The molecule has 0 radical (unpaired) electrons. The van der Waals surface area contributed by atoms with Crippen LogP contribution in [-0.2, 0) is 6.54 Å². The van der Waals surface area contributed by atoms with Crippen LogP contribution in [0.25, 0.3) is 0 Å². The van der Waals surface area contributed by atoms with Gasteiger partial charge in [0, 0.05) is 0 Å². The highest BCUT2D eigenvalue weighted by atomic mass is 35.5. The van der Waals surface area contributed by atoms with Crippen LogP contribution in [0, 0.1) is 0 Å². The first-order chi connectivity index (χ1) is 10.1. The molecule has 1 aromatic carbocycles. The van der Waals surface area contributed by atoms with Crippen molar-refractivity contribution in [1.29, 1.82) is 0 Å². The number of ether oxygens (including phenoxy) is 3. The number of rotatable bonds is 5. The SMILES string of the molecule is COc1ccc(Cn2cnc(Cl)c(OC)c2=O)cc1OC. The van der Waals surface area contributed by atoms with E-state index in [9.17, 15) is 4.79 Å². The van der Waals surface area contributed by atoms with Gasteiger partial charge < -0.3 is 14.2 Å². The van der Waals surface area contributed by atoms with Crippen LogP contribution >= 0.6 is 11.6 Å². The van der Waals surface area contributed by atoms with E-state index in [1.807, 2.05) is 6.07 Å². The maximum Gasteiger partial charge on any atom is 0.297 e. The first kappa shape index (κ1) is 15.2. The van der Waals surface area contributed by atoms with Crippen molar-refractivity contribution in [3.63, 3.8) is 0 Å². The van der Waals surface area contributed by atoms with Gasteiger partial charge in [-0.25, -0.2) is 4.98 Å². The molecule has 0 fully saturated rings. The molecule has 0 amide bonds. The van der Waals surface area contributed by atoms with Gasteiger partial charge in [-0.15, -0.1) is 0 Å². The fourth-order valence-corrected chi connectivity index (χ4v) is 2.11. The summed E-state index contributed by atoms with van der Waals surface area (Å²) in [5.74, 6) is 1.25. The fraction of sp³-hybridized carbons (Fsp3) is 0.286. The molecule has 6 nitrogen and oxygen atoms in total. The lowest BCUT2D eigenvalue weighted by Gasteiger charge is -2.11. The maximum atomic E-state index is 12.2. The van der Waals surface area contributed by atoms with Crippen LogP contribution in [-0.4, -0.2) is 30.9 Å². The summed E-state index contributed by atoms with van der Waals surface area (Å²) in [6, 6.07) is 5.42. The monoisotopic (exact) mass is 310 g/mol. The number of hydrogen-bond donors (Lipinski definition) is 0. The minimum absolute atomic E-state index is 0.0274. The summed E-state index contributed by atoms with van der Waals surface area (Å²) in [6.45, 7) is 0.319. The summed E-state index contributed by atoms with van der Waals surface area (Å²) in [5.41, 5.74) is 0.521. The van der Waals surface area contributed by atoms with Crippen molar-refractivity contribution in [3.05, 3.63) is 45.6 Å². The molecule has 2 rings (SSSR count). The predicted octanol–water partition coefficient (Wildman–Crippen LogP) is 1.97. The lowest BCUT2D eigenvalue weighted by molar-refractivity contribution is 0.354. The van der Waals surface area contributed by atoms with E-state index in [-0.39, 0.29) is 16.5 Å². The molecule has 0 spiro atoms. The Hall–Kier alpha value is -2.21. The Balaban J connectivity index is 2.37. The lowest BCUT2D eigenvalue weighted by Crippen LogP contribution is -2.22. The zero-order valence-corrected chi connectivity index (χ0v) is 12.7. The molecule has 0 N–H and O–H groups in total. The molecule has 0 saturated heterocycles. The third-order valence-corrected chi connectivity index (χ3v) is 3.23. The Morgan fingerprint density at radius 1 is 1.14 bits per heavy atom. The van der Waals surface area contributed by atoms with Gasteiger partial charge in [-0.2, -0.15) is 0 Å². The largest absolute Gasteiger partial charge is 0.493 e. The second-order valence-electron chi connectivity index (χ2n) is 4.19. The van der Waals surface area contributed by atoms with Gasteiger partial charge in [-0.1, -0.05) is 17.7 Å². The topological polar surface area (TPSA) is 62.6 Å². The van der Waals surface area contributed by atoms with E-state index in [0.29, 0.717) is 18.0 Å². The Morgan fingerprint density at radius 2 is 1.86 bits per heavy atom. The molecule has 0 bridgehead atoms. The number of halogens is 1. The van der Waals surface area contributed by atoms with Gasteiger partial charge in [0.2, 0.25) is 5.75 Å². The van der Waals surface area contributed by atoms with Crippen LogP contribution in [0.3, 0.4) is 0 Å². The molecule has 0 unspecified atom stereocenters. The number of benzene rings is 1. The molecule has 0 saturated carbocycles. The van der Waals surface area contributed by atoms with Crippen molar-refractivity contribution < 1.29 is 14.2 Å². The van der Waals surface area contributed by atoms with E-state index >= 15 is 0 Å². The minimum atomic E-state index is -0.340. The van der Waals surface area contributed by atoms with E-state index in [0.717, 1.165) is 5.56 Å². The molecule has 0 atom stereocenters. The Morgan fingerprint density at radius 3 is 2.48 bits per heavy atom. The highest BCUT2D eigenvalue weighted by Gasteiger charge is 2.11. The van der Waals surface area contributed by atoms with Gasteiger partial charge in [-0.05, 0) is 17.7 Å². The van der Waals surface area contributed by atoms with E-state index in [4.69, 9.17) is 25.8 Å². The van der Waals surface area contributed by atoms with Crippen molar-refractivity contribution in [3.8, 4) is 17.2 Å². The highest BCUT2D eigenvalue weighted by molar-refractivity contribution is 6.30. The lowest BCUT2D eigenvalue weighted by atomic mass is 10.2. The molecule has 21 heavy (non-hydrogen) atoms. The average Bonchev–Trinajstić information content (AvgIpc) is 2.50. The Labute approximate surface area is 126 Å². The summed E-state index contributed by atoms with van der Waals surface area (Å²) < 4.78 is 16.8. The van der Waals surface area contributed by atoms with E-state index in [1.165, 1.54) is 18.0 Å². The first-order valence-electron chi connectivity index (χ1n) is 6.10. The second kappa shape index (κ2) is 6.49. The van der Waals surface area contributed by atoms with Gasteiger partial charge in [0.25, 0.3) is 5.56 Å². The molecule has 1 aromatic heterocycles. The molecule has 1 heterocycles. The van der Waals surface area contributed by atoms with Crippen LogP contribution in [0.5, 0.6) is 17.2 Å². The standard InChI is InChI=1S/C14H15ClN2O4/c1-19-10-5-4-9(6-11(10)20-2)7-17-8-16-13(15)12(21-3)14(17)18/h4-6,8H,7H2,1-3H3. The number of nitrogens with zero attached hydrogens (tertiary/aromatic N) is 2. The molecule has 0 aliphatic rings. The van der Waals surface area contributed by atoms with Crippen LogP contribution in [0.2, 0.25) is 5.15 Å². The number of methoxy groups -OCH3 is 3. The summed E-state index contributed by atoms with van der Waals surface area (Å²) >= 11 is 5.81. The van der Waals surface area contributed by atoms with Gasteiger partial charge >= 0.3 is 0 Å². The van der Waals surface area contributed by atoms with Crippen LogP contribution in [0.15, 0.2) is 29.3 Å². The zero-order valence-electron chi connectivity index (χ0n) is 11.9. The molecular formula is C14H15ClN2O4. The van der Waals surface area contributed by atoms with Crippen LogP contribution in [0.4, 0.5) is 0 Å². The molecule has 7 heteroatoms. The van der Waals surface area contributed by atoms with E-state index < -0.39 is 0 Å². The summed E-state index contributed by atoms with van der Waals surface area (Å²) in [6.07, 6.45) is 1.38. The quantitative estimate of drug-likeness (QED) is 0.790. The Bertz CT molecular complexity index is 700. The summed E-state index contributed by atoms with van der Waals surface area (Å²) in [4.78, 5) is 16.1. The third-order valence-electron chi connectivity index (χ3n) is 2.96. The molecule has 2 aromatic rings. The van der Waals surface area contributed by atoms with Gasteiger partial charge in [-0.3, -0.25) is 9.36 Å². The zero-order chi connectivity index (χ0) is 15.4. The van der Waals surface area contributed by atoms with E-state index in [2.05, 4.69) is 4.98 Å². The van der Waals surface area contributed by atoms with Crippen molar-refractivity contribution in [2.45, 2.75) is 6.54 Å². The number of hydrogen-bond acceptors (Lipinski definition) is 5. The molecule has 0 aliphatic carbocycles. The van der Waals surface area contributed by atoms with Crippen molar-refractivity contribution in [2.75, 3.05) is 21.3 Å². The van der Waals surface area contributed by atoms with Crippen molar-refractivity contribution >= 4 is 11.6 Å². The predicted molar refractivity (Wildman–Crippen MR) is 78.7 cm³/mol. The number of aromatic nitrogens is 2. The Kier molecular flexibility index (Phi) is 4.70. The van der Waals surface area contributed by atoms with Crippen LogP contribution < -0.4 is 19.8 Å². The average molecular weight is 311 g/mol. The maximum absolute atomic E-state index is 12.2. The minimum Gasteiger partial charge on any atom is -0.493 e. The smallest absolute Gasteiger partial charge is 0.297 e. The van der Waals surface area contributed by atoms with E-state index in [1.54, 1.807) is 26.4 Å². The third kappa shape index (κ3) is 3.11.